The zero-order valence-corrected chi connectivity index (χ0v) is 13.2. The molecule has 1 N–H and O–H groups in total. The Morgan fingerprint density at radius 2 is 2.09 bits per heavy atom. The van der Waals surface area contributed by atoms with Gasteiger partial charge in [-0.1, -0.05) is 36.4 Å². The van der Waals surface area contributed by atoms with Crippen LogP contribution in [-0.2, 0) is 0 Å². The molecule has 0 saturated carbocycles. The van der Waals surface area contributed by atoms with Gasteiger partial charge >= 0.3 is 0 Å². The number of rotatable bonds is 1. The third kappa shape index (κ3) is 2.38. The lowest BCUT2D eigenvalue weighted by Crippen LogP contribution is -2.49. The number of allylic oxidation sites excluding steroid dienone is 3. The van der Waals surface area contributed by atoms with Crippen molar-refractivity contribution in [3.8, 4) is 0 Å². The van der Waals surface area contributed by atoms with Crippen LogP contribution in [0.25, 0.3) is 10.9 Å². The molecule has 2 aromatic rings. The van der Waals surface area contributed by atoms with E-state index in [1.165, 1.54) is 22.9 Å². The highest BCUT2D eigenvalue weighted by atomic mass is 15.0. The predicted molar refractivity (Wildman–Crippen MR) is 91.6 cm³/mol. The number of nitrogens with one attached hydrogen (secondary N) is 1. The van der Waals surface area contributed by atoms with Gasteiger partial charge in [0.2, 0.25) is 0 Å². The number of para-hydroxylation sites is 1. The molecule has 112 valence electrons. The SMILES string of the molecule is CC1(C)CC2CC=CC=C2C(c2cnc3ccccc3c2)N1. The molecule has 4 rings (SSSR count). The van der Waals surface area contributed by atoms with E-state index in [0.717, 1.165) is 11.9 Å². The Hall–Kier alpha value is -1.93. The molecule has 2 nitrogen and oxygen atoms in total. The quantitative estimate of drug-likeness (QED) is 0.833. The largest absolute Gasteiger partial charge is 0.301 e. The molecule has 0 amide bonds. The highest BCUT2D eigenvalue weighted by Gasteiger charge is 2.37. The number of nitrogens with zero attached hydrogens (tertiary/aromatic N) is 1. The van der Waals surface area contributed by atoms with Crippen LogP contribution in [0.15, 0.2) is 60.3 Å². The van der Waals surface area contributed by atoms with Crippen molar-refractivity contribution < 1.29 is 0 Å². The van der Waals surface area contributed by atoms with Crippen molar-refractivity contribution in [1.82, 2.24) is 10.3 Å². The third-order valence-corrected chi connectivity index (χ3v) is 4.89. The van der Waals surface area contributed by atoms with Gasteiger partial charge < -0.3 is 5.32 Å². The molecule has 0 radical (unpaired) electrons. The van der Waals surface area contributed by atoms with Crippen LogP contribution in [0.5, 0.6) is 0 Å². The van der Waals surface area contributed by atoms with Crippen molar-refractivity contribution in [1.29, 1.82) is 0 Å². The molecule has 1 saturated heterocycles. The molecule has 1 aliphatic heterocycles. The zero-order chi connectivity index (χ0) is 15.2. The first-order chi connectivity index (χ1) is 10.6. The number of aromatic nitrogens is 1. The second-order valence-corrected chi connectivity index (χ2v) is 7.15. The van der Waals surface area contributed by atoms with Crippen molar-refractivity contribution in [2.45, 2.75) is 38.3 Å². The van der Waals surface area contributed by atoms with Crippen LogP contribution in [0.3, 0.4) is 0 Å². The second kappa shape index (κ2) is 5.06. The van der Waals surface area contributed by atoms with E-state index in [4.69, 9.17) is 0 Å². The fourth-order valence-corrected chi connectivity index (χ4v) is 3.90. The summed E-state index contributed by atoms with van der Waals surface area (Å²) in [6, 6.07) is 10.9. The summed E-state index contributed by atoms with van der Waals surface area (Å²) < 4.78 is 0. The van der Waals surface area contributed by atoms with Gasteiger partial charge in [-0.2, -0.15) is 0 Å². The monoisotopic (exact) mass is 290 g/mol. The maximum Gasteiger partial charge on any atom is 0.0702 e. The Bertz CT molecular complexity index is 770. The minimum Gasteiger partial charge on any atom is -0.301 e. The molecule has 2 heterocycles. The van der Waals surface area contributed by atoms with Crippen molar-refractivity contribution in [3.63, 3.8) is 0 Å². The molecule has 2 heteroatoms. The molecule has 1 aromatic carbocycles. The van der Waals surface area contributed by atoms with Crippen LogP contribution < -0.4 is 5.32 Å². The van der Waals surface area contributed by atoms with Crippen LogP contribution in [0.4, 0.5) is 0 Å². The standard InChI is InChI=1S/C20H22N2/c1-20(2)12-15-8-3-5-9-17(15)19(22-20)16-11-14-7-4-6-10-18(14)21-13-16/h3-7,9-11,13,15,19,22H,8,12H2,1-2H3. The summed E-state index contributed by atoms with van der Waals surface area (Å²) in [7, 11) is 0. The first kappa shape index (κ1) is 13.7. The van der Waals surface area contributed by atoms with E-state index >= 15 is 0 Å². The van der Waals surface area contributed by atoms with E-state index in [1.54, 1.807) is 0 Å². The van der Waals surface area contributed by atoms with Gasteiger partial charge in [0.1, 0.15) is 0 Å². The fraction of sp³-hybridized carbons (Fsp3) is 0.350. The predicted octanol–water partition coefficient (Wildman–Crippen LogP) is 4.55. The number of fused-ring (bicyclic) bond motifs is 2. The highest BCUT2D eigenvalue weighted by molar-refractivity contribution is 5.79. The van der Waals surface area contributed by atoms with E-state index in [-0.39, 0.29) is 11.6 Å². The van der Waals surface area contributed by atoms with E-state index in [0.29, 0.717) is 5.92 Å². The summed E-state index contributed by atoms with van der Waals surface area (Å²) in [6.45, 7) is 4.62. The van der Waals surface area contributed by atoms with Gasteiger partial charge in [-0.25, -0.2) is 0 Å². The Morgan fingerprint density at radius 1 is 1.23 bits per heavy atom. The topological polar surface area (TPSA) is 24.9 Å². The maximum atomic E-state index is 4.66. The van der Waals surface area contributed by atoms with Crippen LogP contribution in [0, 0.1) is 5.92 Å². The van der Waals surface area contributed by atoms with Gasteiger partial charge in [0, 0.05) is 17.1 Å². The molecule has 0 bridgehead atoms. The summed E-state index contributed by atoms with van der Waals surface area (Å²) in [5.41, 5.74) is 4.01. The second-order valence-electron chi connectivity index (χ2n) is 7.15. The van der Waals surface area contributed by atoms with E-state index in [1.807, 2.05) is 12.3 Å². The third-order valence-electron chi connectivity index (χ3n) is 4.89. The molecular formula is C20H22N2. The Morgan fingerprint density at radius 3 is 3.00 bits per heavy atom. The minimum atomic E-state index is 0.156. The maximum absolute atomic E-state index is 4.66. The van der Waals surface area contributed by atoms with Gasteiger partial charge in [0.05, 0.1) is 11.6 Å². The molecule has 22 heavy (non-hydrogen) atoms. The first-order valence-electron chi connectivity index (χ1n) is 8.11. The number of hydrogen-bond donors (Lipinski definition) is 1. The molecule has 2 atom stereocenters. The lowest BCUT2D eigenvalue weighted by atomic mass is 9.73. The van der Waals surface area contributed by atoms with Gasteiger partial charge in [0.15, 0.2) is 0 Å². The van der Waals surface area contributed by atoms with Crippen molar-refractivity contribution in [2.75, 3.05) is 0 Å². The fourth-order valence-electron chi connectivity index (χ4n) is 3.90. The number of hydrogen-bond acceptors (Lipinski definition) is 2. The van der Waals surface area contributed by atoms with Crippen LogP contribution >= 0.6 is 0 Å². The number of benzene rings is 1. The Balaban J connectivity index is 1.80. The molecular weight excluding hydrogens is 268 g/mol. The van der Waals surface area contributed by atoms with Gasteiger partial charge in [-0.3, -0.25) is 4.98 Å². The van der Waals surface area contributed by atoms with E-state index in [2.05, 4.69) is 66.6 Å². The lowest BCUT2D eigenvalue weighted by molar-refractivity contribution is 0.239. The number of piperidine rings is 1. The van der Waals surface area contributed by atoms with Crippen LogP contribution in [0.1, 0.15) is 38.3 Å². The van der Waals surface area contributed by atoms with Crippen molar-refractivity contribution in [3.05, 3.63) is 65.9 Å². The normalized spacial score (nSPS) is 26.5. The van der Waals surface area contributed by atoms with Gasteiger partial charge in [-0.15, -0.1) is 0 Å². The summed E-state index contributed by atoms with van der Waals surface area (Å²) in [4.78, 5) is 4.66. The molecule has 0 spiro atoms. The van der Waals surface area contributed by atoms with E-state index < -0.39 is 0 Å². The molecule has 2 aliphatic rings. The molecule has 1 aliphatic carbocycles. The first-order valence-corrected chi connectivity index (χ1v) is 8.11. The lowest BCUT2D eigenvalue weighted by Gasteiger charge is -2.44. The average molecular weight is 290 g/mol. The number of pyridine rings is 1. The highest BCUT2D eigenvalue weighted by Crippen LogP contribution is 2.42. The van der Waals surface area contributed by atoms with Crippen LogP contribution in [0.2, 0.25) is 0 Å². The molecule has 2 unspecified atom stereocenters. The zero-order valence-electron chi connectivity index (χ0n) is 13.2. The van der Waals surface area contributed by atoms with Crippen molar-refractivity contribution in [2.24, 2.45) is 5.92 Å². The van der Waals surface area contributed by atoms with Crippen LogP contribution in [-0.4, -0.2) is 10.5 Å². The van der Waals surface area contributed by atoms with Gasteiger partial charge in [-0.05, 0) is 55.9 Å². The van der Waals surface area contributed by atoms with Gasteiger partial charge in [0.25, 0.3) is 0 Å². The smallest absolute Gasteiger partial charge is 0.0702 e. The summed E-state index contributed by atoms with van der Waals surface area (Å²) >= 11 is 0. The summed E-state index contributed by atoms with van der Waals surface area (Å²) in [5, 5.41) is 5.05. The summed E-state index contributed by atoms with van der Waals surface area (Å²) in [6.07, 6.45) is 11.2. The molecule has 1 aromatic heterocycles. The van der Waals surface area contributed by atoms with E-state index in [9.17, 15) is 0 Å². The average Bonchev–Trinajstić information content (AvgIpc) is 2.53. The Labute approximate surface area is 132 Å². The van der Waals surface area contributed by atoms with Crippen molar-refractivity contribution >= 4 is 10.9 Å². The summed E-state index contributed by atoms with van der Waals surface area (Å²) in [5.74, 6) is 0.651. The minimum absolute atomic E-state index is 0.156. The Kier molecular flexibility index (Phi) is 3.16. The molecule has 1 fully saturated rings.